The maximum Gasteiger partial charge on any atom is 0.251 e. The summed E-state index contributed by atoms with van der Waals surface area (Å²) >= 11 is 0. The van der Waals surface area contributed by atoms with Gasteiger partial charge in [-0.1, -0.05) is 29.8 Å². The lowest BCUT2D eigenvalue weighted by molar-refractivity contribution is 0.0925. The van der Waals surface area contributed by atoms with Crippen LogP contribution in [0, 0.1) is 13.8 Å². The Kier molecular flexibility index (Phi) is 5.63. The molecule has 2 rings (SSSR count). The number of hydrogen-bond donors (Lipinski definition) is 1. The van der Waals surface area contributed by atoms with Gasteiger partial charge in [0, 0.05) is 5.56 Å². The summed E-state index contributed by atoms with van der Waals surface area (Å²) < 4.78 is 11.0. The van der Waals surface area contributed by atoms with Crippen molar-refractivity contribution in [2.75, 3.05) is 13.7 Å². The fraction of sp³-hybridized carbons (Fsp3) is 0.316. The second kappa shape index (κ2) is 7.68. The van der Waals surface area contributed by atoms with E-state index in [1.807, 2.05) is 63.2 Å². The second-order valence-corrected chi connectivity index (χ2v) is 5.65. The number of nitrogens with one attached hydrogen (secondary N) is 1. The molecule has 1 amide bonds. The first-order chi connectivity index (χ1) is 11.0. The van der Waals surface area contributed by atoms with Crippen LogP contribution in [0.3, 0.4) is 0 Å². The standard InChI is InChI=1S/C19H23NO3/c1-13-9-10-14(2)16(11-13)19(21)20-15(3)12-23-18-8-6-5-7-17(18)22-4/h5-11,15H,12H2,1-4H3,(H,20,21)/t15-/m0/s1. The van der Waals surface area contributed by atoms with Crippen LogP contribution in [0.5, 0.6) is 11.5 Å². The highest BCUT2D eigenvalue weighted by molar-refractivity contribution is 5.96. The molecule has 0 fully saturated rings. The summed E-state index contributed by atoms with van der Waals surface area (Å²) in [6.45, 7) is 6.20. The lowest BCUT2D eigenvalue weighted by atomic mass is 10.0. The molecule has 23 heavy (non-hydrogen) atoms. The van der Waals surface area contributed by atoms with Crippen LogP contribution in [0.15, 0.2) is 42.5 Å². The van der Waals surface area contributed by atoms with Crippen molar-refractivity contribution < 1.29 is 14.3 Å². The number of carbonyl (C=O) groups excluding carboxylic acids is 1. The van der Waals surface area contributed by atoms with E-state index >= 15 is 0 Å². The molecule has 4 nitrogen and oxygen atoms in total. The third kappa shape index (κ3) is 4.49. The van der Waals surface area contributed by atoms with Crippen molar-refractivity contribution in [3.63, 3.8) is 0 Å². The van der Waals surface area contributed by atoms with Crippen LogP contribution >= 0.6 is 0 Å². The first kappa shape index (κ1) is 16.9. The van der Waals surface area contributed by atoms with E-state index in [0.717, 1.165) is 11.1 Å². The fourth-order valence-electron chi connectivity index (χ4n) is 2.28. The molecule has 0 aliphatic carbocycles. The Labute approximate surface area is 137 Å². The summed E-state index contributed by atoms with van der Waals surface area (Å²) in [5.74, 6) is 1.27. The minimum Gasteiger partial charge on any atom is -0.493 e. The van der Waals surface area contributed by atoms with Crippen molar-refractivity contribution in [2.24, 2.45) is 0 Å². The van der Waals surface area contributed by atoms with Gasteiger partial charge >= 0.3 is 0 Å². The molecule has 0 unspecified atom stereocenters. The first-order valence-electron chi connectivity index (χ1n) is 7.65. The number of rotatable bonds is 6. The Hall–Kier alpha value is -2.49. The van der Waals surface area contributed by atoms with Gasteiger partial charge in [0.1, 0.15) is 6.61 Å². The molecule has 2 aromatic rings. The number of carbonyl (C=O) groups is 1. The maximum atomic E-state index is 12.4. The minimum atomic E-state index is -0.118. The van der Waals surface area contributed by atoms with Gasteiger partial charge in [-0.3, -0.25) is 4.79 Å². The largest absolute Gasteiger partial charge is 0.493 e. The number of benzene rings is 2. The van der Waals surface area contributed by atoms with Crippen LogP contribution in [-0.4, -0.2) is 25.7 Å². The van der Waals surface area contributed by atoms with Gasteiger partial charge in [-0.25, -0.2) is 0 Å². The molecular weight excluding hydrogens is 290 g/mol. The summed E-state index contributed by atoms with van der Waals surface area (Å²) in [7, 11) is 1.61. The average Bonchev–Trinajstić information content (AvgIpc) is 2.55. The average molecular weight is 313 g/mol. The predicted molar refractivity (Wildman–Crippen MR) is 91.3 cm³/mol. The van der Waals surface area contributed by atoms with Crippen molar-refractivity contribution in [1.82, 2.24) is 5.32 Å². The summed E-state index contributed by atoms with van der Waals surface area (Å²) in [5, 5.41) is 2.97. The van der Waals surface area contributed by atoms with Gasteiger partial charge in [0.15, 0.2) is 11.5 Å². The second-order valence-electron chi connectivity index (χ2n) is 5.65. The molecule has 0 aromatic heterocycles. The number of amides is 1. The van der Waals surface area contributed by atoms with E-state index in [2.05, 4.69) is 5.32 Å². The molecular formula is C19H23NO3. The van der Waals surface area contributed by atoms with Crippen molar-refractivity contribution >= 4 is 5.91 Å². The van der Waals surface area contributed by atoms with Gasteiger partial charge in [0.25, 0.3) is 5.91 Å². The maximum absolute atomic E-state index is 12.4. The molecule has 0 heterocycles. The van der Waals surface area contributed by atoms with Gasteiger partial charge < -0.3 is 14.8 Å². The lowest BCUT2D eigenvalue weighted by Gasteiger charge is -2.17. The molecule has 0 saturated heterocycles. The van der Waals surface area contributed by atoms with Gasteiger partial charge in [-0.15, -0.1) is 0 Å². The van der Waals surface area contributed by atoms with E-state index in [0.29, 0.717) is 23.7 Å². The van der Waals surface area contributed by atoms with Crippen molar-refractivity contribution in [1.29, 1.82) is 0 Å². The van der Waals surface area contributed by atoms with Crippen LogP contribution in [0.2, 0.25) is 0 Å². The van der Waals surface area contributed by atoms with E-state index in [-0.39, 0.29) is 11.9 Å². The summed E-state index contributed by atoms with van der Waals surface area (Å²) in [4.78, 5) is 12.4. The number of para-hydroxylation sites is 2. The monoisotopic (exact) mass is 313 g/mol. The SMILES string of the molecule is COc1ccccc1OC[C@H](C)NC(=O)c1cc(C)ccc1C. The van der Waals surface area contributed by atoms with Gasteiger partial charge in [0.05, 0.1) is 13.2 Å². The molecule has 4 heteroatoms. The molecule has 0 aliphatic rings. The smallest absolute Gasteiger partial charge is 0.251 e. The third-order valence-corrected chi connectivity index (χ3v) is 3.57. The highest BCUT2D eigenvalue weighted by Gasteiger charge is 2.13. The minimum absolute atomic E-state index is 0.0812. The highest BCUT2D eigenvalue weighted by Crippen LogP contribution is 2.25. The molecule has 1 N–H and O–H groups in total. The molecule has 122 valence electrons. The first-order valence-corrected chi connectivity index (χ1v) is 7.65. The Balaban J connectivity index is 1.95. The van der Waals surface area contributed by atoms with E-state index < -0.39 is 0 Å². The van der Waals surface area contributed by atoms with Crippen LogP contribution in [0.4, 0.5) is 0 Å². The Morgan fingerprint density at radius 2 is 1.83 bits per heavy atom. The van der Waals surface area contributed by atoms with Crippen molar-refractivity contribution in [2.45, 2.75) is 26.8 Å². The summed E-state index contributed by atoms with van der Waals surface area (Å²) in [5.41, 5.74) is 2.73. The zero-order valence-electron chi connectivity index (χ0n) is 14.1. The number of ether oxygens (including phenoxy) is 2. The van der Waals surface area contributed by atoms with Crippen molar-refractivity contribution in [3.8, 4) is 11.5 Å². The molecule has 0 spiro atoms. The van der Waals surface area contributed by atoms with E-state index in [9.17, 15) is 4.79 Å². The van der Waals surface area contributed by atoms with Crippen LogP contribution in [0.1, 0.15) is 28.4 Å². The molecule has 0 bridgehead atoms. The van der Waals surface area contributed by atoms with E-state index in [4.69, 9.17) is 9.47 Å². The van der Waals surface area contributed by atoms with Crippen LogP contribution in [0.25, 0.3) is 0 Å². The molecule has 0 saturated carbocycles. The molecule has 0 aliphatic heterocycles. The Morgan fingerprint density at radius 3 is 2.52 bits per heavy atom. The normalized spacial score (nSPS) is 11.7. The van der Waals surface area contributed by atoms with Gasteiger partial charge in [0.2, 0.25) is 0 Å². The Morgan fingerprint density at radius 1 is 1.13 bits per heavy atom. The zero-order chi connectivity index (χ0) is 16.8. The third-order valence-electron chi connectivity index (χ3n) is 3.57. The van der Waals surface area contributed by atoms with E-state index in [1.54, 1.807) is 7.11 Å². The van der Waals surface area contributed by atoms with Crippen LogP contribution < -0.4 is 14.8 Å². The van der Waals surface area contributed by atoms with Crippen molar-refractivity contribution in [3.05, 3.63) is 59.2 Å². The molecule has 0 radical (unpaired) electrons. The van der Waals surface area contributed by atoms with Gasteiger partial charge in [-0.05, 0) is 44.5 Å². The quantitative estimate of drug-likeness (QED) is 0.888. The highest BCUT2D eigenvalue weighted by atomic mass is 16.5. The summed E-state index contributed by atoms with van der Waals surface area (Å²) in [6, 6.07) is 13.2. The predicted octanol–water partition coefficient (Wildman–Crippen LogP) is 3.51. The zero-order valence-corrected chi connectivity index (χ0v) is 14.1. The summed E-state index contributed by atoms with van der Waals surface area (Å²) in [6.07, 6.45) is 0. The molecule has 1 atom stereocenters. The van der Waals surface area contributed by atoms with E-state index in [1.165, 1.54) is 0 Å². The Bertz CT molecular complexity index is 682. The number of aryl methyl sites for hydroxylation is 2. The fourth-order valence-corrected chi connectivity index (χ4v) is 2.28. The van der Waals surface area contributed by atoms with Gasteiger partial charge in [-0.2, -0.15) is 0 Å². The number of hydrogen-bond acceptors (Lipinski definition) is 3. The lowest BCUT2D eigenvalue weighted by Crippen LogP contribution is -2.37. The molecule has 2 aromatic carbocycles. The van der Waals surface area contributed by atoms with Crippen LogP contribution in [-0.2, 0) is 0 Å². The topological polar surface area (TPSA) is 47.6 Å². The number of methoxy groups -OCH3 is 1.